The van der Waals surface area contributed by atoms with Crippen molar-refractivity contribution in [2.75, 3.05) is 0 Å². The third kappa shape index (κ3) is 3.86. The van der Waals surface area contributed by atoms with Gasteiger partial charge in [-0.15, -0.1) is 0 Å². The Kier molecular flexibility index (Phi) is 5.74. The summed E-state index contributed by atoms with van der Waals surface area (Å²) in [5.41, 5.74) is 18.8. The second-order valence-electron chi connectivity index (χ2n) is 14.4. The lowest BCUT2D eigenvalue weighted by atomic mass is 9.84. The highest BCUT2D eigenvalue weighted by molar-refractivity contribution is 6.02. The first-order valence-corrected chi connectivity index (χ1v) is 18.7. The van der Waals surface area contributed by atoms with Crippen LogP contribution in [0.2, 0.25) is 0 Å². The first-order chi connectivity index (χ1) is 27.8. The molecule has 260 valence electrons. The van der Waals surface area contributed by atoms with E-state index in [1.807, 2.05) is 30.6 Å². The summed E-state index contributed by atoms with van der Waals surface area (Å²) in [5, 5.41) is 0. The predicted octanol–water partition coefficient (Wildman–Crippen LogP) is 10.9. The molecule has 1 aliphatic rings. The monoisotopic (exact) mass is 716 g/mol. The normalized spacial score (nSPS) is 12.3. The van der Waals surface area contributed by atoms with Gasteiger partial charge in [-0.05, 0) is 101 Å². The molecule has 56 heavy (non-hydrogen) atoms. The Balaban J connectivity index is 1.10. The molecule has 0 saturated carbocycles. The van der Waals surface area contributed by atoms with E-state index in [0.717, 1.165) is 112 Å². The van der Waals surface area contributed by atoms with Gasteiger partial charge in [-0.25, -0.2) is 9.97 Å². The molecule has 0 unspecified atom stereocenters. The molecule has 8 heteroatoms. The molecule has 0 aliphatic heterocycles. The highest BCUT2D eigenvalue weighted by atomic mass is 15.2. The Morgan fingerprint density at radius 1 is 0.321 bits per heavy atom. The molecule has 0 atom stereocenters. The van der Waals surface area contributed by atoms with E-state index in [1.165, 1.54) is 0 Å². The molecule has 0 radical (unpaired) electrons. The molecule has 8 nitrogen and oxygen atoms in total. The highest BCUT2D eigenvalue weighted by Crippen LogP contribution is 2.47. The molecule has 6 aromatic heterocycles. The van der Waals surface area contributed by atoms with Gasteiger partial charge in [0.2, 0.25) is 11.6 Å². The van der Waals surface area contributed by atoms with Crippen LogP contribution < -0.4 is 0 Å². The fourth-order valence-corrected chi connectivity index (χ4v) is 9.09. The molecule has 0 spiro atoms. The molecular weight excluding hydrogens is 689 g/mol. The maximum atomic E-state index is 5.29. The number of fused-ring (bicyclic) bond motifs is 18. The van der Waals surface area contributed by atoms with E-state index >= 15 is 0 Å². The van der Waals surface area contributed by atoms with E-state index < -0.39 is 0 Å². The van der Waals surface area contributed by atoms with Crippen molar-refractivity contribution in [3.8, 4) is 56.1 Å². The molecule has 0 saturated heterocycles. The third-order valence-corrected chi connectivity index (χ3v) is 11.4. The average Bonchev–Trinajstić information content (AvgIpc) is 3.99. The second kappa shape index (κ2) is 10.9. The Morgan fingerprint density at radius 3 is 1.46 bits per heavy atom. The summed E-state index contributed by atoms with van der Waals surface area (Å²) < 4.78 is 9.12. The van der Waals surface area contributed by atoms with Gasteiger partial charge in [0.15, 0.2) is 0 Å². The van der Waals surface area contributed by atoms with Gasteiger partial charge in [0.05, 0.1) is 61.2 Å². The topological polar surface area (TPSA) is 70.2 Å². The number of benzene rings is 6. The molecule has 0 fully saturated rings. The lowest BCUT2D eigenvalue weighted by Crippen LogP contribution is -2.02. The van der Waals surface area contributed by atoms with Crippen LogP contribution >= 0.6 is 0 Å². The number of hydrogen-bond acceptors (Lipinski definition) is 4. The van der Waals surface area contributed by atoms with Crippen LogP contribution in [-0.4, -0.2) is 37.9 Å². The van der Waals surface area contributed by atoms with Crippen LogP contribution in [-0.2, 0) is 0 Å². The summed E-state index contributed by atoms with van der Waals surface area (Å²) in [7, 11) is 0. The Labute approximate surface area is 318 Å². The number of pyridine rings is 2. The van der Waals surface area contributed by atoms with Crippen LogP contribution in [0.4, 0.5) is 0 Å². The summed E-state index contributed by atoms with van der Waals surface area (Å²) in [4.78, 5) is 20.3. The van der Waals surface area contributed by atoms with Crippen molar-refractivity contribution in [3.63, 3.8) is 0 Å². The van der Waals surface area contributed by atoms with Crippen LogP contribution in [0.3, 0.4) is 0 Å². The van der Waals surface area contributed by atoms with Gasteiger partial charge in [-0.3, -0.25) is 27.9 Å². The standard InChI is InChI=1S/C48H28N8/c1-2-12-32-31(11-1)33-23-21-29(27-36(33)35-14-10-26-50-46(35)45-34(32)13-9-25-49-45)53-43-24-22-30(28-44(43)56-40-18-6-4-16-38(40)52-48(53)56)54-41-19-7-8-20-42(41)55-39-17-5-3-15-37(39)51-47(54)55/h1-28H. The Bertz CT molecular complexity index is 3610. The second-order valence-corrected chi connectivity index (χ2v) is 14.4. The summed E-state index contributed by atoms with van der Waals surface area (Å²) in [6, 6.07) is 55.7. The molecule has 12 aromatic rings. The van der Waals surface area contributed by atoms with Gasteiger partial charge in [0.1, 0.15) is 0 Å². The van der Waals surface area contributed by atoms with Gasteiger partial charge < -0.3 is 0 Å². The average molecular weight is 717 g/mol. The third-order valence-electron chi connectivity index (χ3n) is 11.4. The minimum atomic E-state index is 0.844. The van der Waals surface area contributed by atoms with Gasteiger partial charge in [0, 0.05) is 29.2 Å². The zero-order valence-electron chi connectivity index (χ0n) is 29.7. The van der Waals surface area contributed by atoms with E-state index in [2.05, 4.69) is 157 Å². The summed E-state index contributed by atoms with van der Waals surface area (Å²) in [5.74, 6) is 1.72. The maximum Gasteiger partial charge on any atom is 0.220 e. The molecule has 0 bridgehead atoms. The molecule has 6 aromatic carbocycles. The van der Waals surface area contributed by atoms with Crippen LogP contribution in [0.25, 0.3) is 112 Å². The van der Waals surface area contributed by atoms with Gasteiger partial charge >= 0.3 is 0 Å². The SMILES string of the molecule is c1ccc2c(c1)-c1ccc(-n3c4ccc(-n5c6ccccc6n6c7ccccc7nc56)cc4n4c5ccccc5nc34)cc1-c1cccnc1-c1ncccc1-2. The van der Waals surface area contributed by atoms with Crippen molar-refractivity contribution in [3.05, 3.63) is 170 Å². The van der Waals surface area contributed by atoms with E-state index in [-0.39, 0.29) is 0 Å². The number of hydrogen-bond donors (Lipinski definition) is 0. The van der Waals surface area contributed by atoms with Crippen LogP contribution in [0.15, 0.2) is 170 Å². The first-order valence-electron chi connectivity index (χ1n) is 18.7. The van der Waals surface area contributed by atoms with Gasteiger partial charge in [-0.1, -0.05) is 78.9 Å². The molecule has 0 amide bonds. The zero-order chi connectivity index (χ0) is 36.5. The molecule has 6 heterocycles. The molecular formula is C48H28N8. The van der Waals surface area contributed by atoms with Crippen LogP contribution in [0.5, 0.6) is 0 Å². The number of aromatic nitrogens is 8. The van der Waals surface area contributed by atoms with Crippen molar-refractivity contribution in [2.45, 2.75) is 0 Å². The van der Waals surface area contributed by atoms with E-state index in [1.54, 1.807) is 0 Å². The number of imidazole rings is 4. The maximum absolute atomic E-state index is 5.29. The predicted molar refractivity (Wildman–Crippen MR) is 224 cm³/mol. The smallest absolute Gasteiger partial charge is 0.220 e. The van der Waals surface area contributed by atoms with E-state index in [0.29, 0.717) is 0 Å². The summed E-state index contributed by atoms with van der Waals surface area (Å²) in [6.07, 6.45) is 3.72. The quantitative estimate of drug-likeness (QED) is 0.179. The van der Waals surface area contributed by atoms with Gasteiger partial charge in [-0.2, -0.15) is 0 Å². The molecule has 0 N–H and O–H groups in total. The van der Waals surface area contributed by atoms with Crippen molar-refractivity contribution in [1.29, 1.82) is 0 Å². The molecule has 13 rings (SSSR count). The fourth-order valence-electron chi connectivity index (χ4n) is 9.09. The largest absolute Gasteiger partial charge is 0.278 e. The molecule has 1 aliphatic carbocycles. The zero-order valence-corrected chi connectivity index (χ0v) is 29.7. The van der Waals surface area contributed by atoms with Crippen LogP contribution in [0, 0.1) is 0 Å². The Morgan fingerprint density at radius 2 is 0.786 bits per heavy atom. The van der Waals surface area contributed by atoms with E-state index in [9.17, 15) is 0 Å². The lowest BCUT2D eigenvalue weighted by molar-refractivity contribution is 1.11. The van der Waals surface area contributed by atoms with Crippen molar-refractivity contribution >= 4 is 55.7 Å². The minimum absolute atomic E-state index is 0.844. The van der Waals surface area contributed by atoms with Crippen LogP contribution in [0.1, 0.15) is 0 Å². The number of nitrogens with zero attached hydrogens (tertiary/aromatic N) is 8. The van der Waals surface area contributed by atoms with E-state index in [4.69, 9.17) is 19.9 Å². The highest BCUT2D eigenvalue weighted by Gasteiger charge is 2.26. The fraction of sp³-hybridized carbons (Fsp3) is 0. The van der Waals surface area contributed by atoms with Gasteiger partial charge in [0.25, 0.3) is 0 Å². The lowest BCUT2D eigenvalue weighted by Gasteiger charge is -2.22. The first kappa shape index (κ1) is 29.6. The minimum Gasteiger partial charge on any atom is -0.278 e. The van der Waals surface area contributed by atoms with Crippen molar-refractivity contribution < 1.29 is 0 Å². The summed E-state index contributed by atoms with van der Waals surface area (Å²) in [6.45, 7) is 0. The van der Waals surface area contributed by atoms with Crippen molar-refractivity contribution in [2.24, 2.45) is 0 Å². The number of rotatable bonds is 2. The number of para-hydroxylation sites is 6. The Hall–Kier alpha value is -7.84. The van der Waals surface area contributed by atoms with Crippen molar-refractivity contribution in [1.82, 2.24) is 37.9 Å². The summed E-state index contributed by atoms with van der Waals surface area (Å²) >= 11 is 0.